The van der Waals surface area contributed by atoms with Gasteiger partial charge in [0.15, 0.2) is 0 Å². The lowest BCUT2D eigenvalue weighted by molar-refractivity contribution is 0.0951. The Morgan fingerprint density at radius 2 is 1.69 bits per heavy atom. The summed E-state index contributed by atoms with van der Waals surface area (Å²) in [6.07, 6.45) is 0. The summed E-state index contributed by atoms with van der Waals surface area (Å²) < 4.78 is 0. The summed E-state index contributed by atoms with van der Waals surface area (Å²) in [5.74, 6) is -0.256. The Morgan fingerprint density at radius 3 is 2.45 bits per heavy atom. The van der Waals surface area contributed by atoms with Crippen molar-refractivity contribution in [2.75, 3.05) is 0 Å². The van der Waals surface area contributed by atoms with Gasteiger partial charge in [-0.3, -0.25) is 4.79 Å². The number of nitrogens with zero attached hydrogens (tertiary/aromatic N) is 1. The van der Waals surface area contributed by atoms with Crippen LogP contribution < -0.4 is 5.32 Å². The highest BCUT2D eigenvalue weighted by Gasteiger charge is 2.11. The van der Waals surface area contributed by atoms with Crippen LogP contribution in [0, 0.1) is 0 Å². The van der Waals surface area contributed by atoms with E-state index in [1.807, 2.05) is 42.5 Å². The van der Waals surface area contributed by atoms with Crippen LogP contribution >= 0.6 is 34.5 Å². The maximum absolute atomic E-state index is 12.4. The summed E-state index contributed by atoms with van der Waals surface area (Å²) in [6.45, 7) is 0.398. The quantitative estimate of drug-likeness (QED) is 0.375. The van der Waals surface area contributed by atoms with Crippen LogP contribution in [0.3, 0.4) is 0 Å². The molecule has 29 heavy (non-hydrogen) atoms. The standard InChI is InChI=1S/C23H16Cl2N2OS/c24-18-10-11-20(25)19(12-18)22(28)26-13-15-6-8-17(9-7-15)23-27-21(14-29-23)16-4-2-1-3-5-16/h1-12,14H,13H2,(H,26,28). The van der Waals surface area contributed by atoms with Crippen LogP contribution in [0.4, 0.5) is 0 Å². The molecule has 0 fully saturated rings. The lowest BCUT2D eigenvalue weighted by atomic mass is 10.1. The molecule has 1 aromatic heterocycles. The molecule has 0 saturated carbocycles. The van der Waals surface area contributed by atoms with Gasteiger partial charge < -0.3 is 5.32 Å². The number of aromatic nitrogens is 1. The minimum absolute atomic E-state index is 0.256. The van der Waals surface area contributed by atoms with Crippen molar-refractivity contribution in [3.8, 4) is 21.8 Å². The molecule has 1 N–H and O–H groups in total. The van der Waals surface area contributed by atoms with Crippen LogP contribution in [0.5, 0.6) is 0 Å². The summed E-state index contributed by atoms with van der Waals surface area (Å²) in [7, 11) is 0. The minimum atomic E-state index is -0.256. The van der Waals surface area contributed by atoms with Crippen molar-refractivity contribution in [1.82, 2.24) is 10.3 Å². The van der Waals surface area contributed by atoms with E-state index in [1.165, 1.54) is 0 Å². The Balaban J connectivity index is 1.43. The Hall–Kier alpha value is -2.66. The van der Waals surface area contributed by atoms with Crippen LogP contribution in [0.1, 0.15) is 15.9 Å². The zero-order chi connectivity index (χ0) is 20.2. The fourth-order valence-electron chi connectivity index (χ4n) is 2.86. The molecule has 0 bridgehead atoms. The first kappa shape index (κ1) is 19.6. The topological polar surface area (TPSA) is 42.0 Å². The molecule has 0 saturated heterocycles. The second-order valence-electron chi connectivity index (χ2n) is 6.41. The highest BCUT2D eigenvalue weighted by atomic mass is 35.5. The summed E-state index contributed by atoms with van der Waals surface area (Å²) >= 11 is 13.6. The van der Waals surface area contributed by atoms with E-state index in [0.717, 1.165) is 27.4 Å². The van der Waals surface area contributed by atoms with Crippen molar-refractivity contribution >= 4 is 40.4 Å². The third-order valence-electron chi connectivity index (χ3n) is 4.40. The number of benzene rings is 3. The van der Waals surface area contributed by atoms with E-state index < -0.39 is 0 Å². The molecule has 4 rings (SSSR count). The molecule has 0 atom stereocenters. The molecular weight excluding hydrogens is 423 g/mol. The molecule has 0 unspecified atom stereocenters. The van der Waals surface area contributed by atoms with Crippen molar-refractivity contribution in [2.24, 2.45) is 0 Å². The lowest BCUT2D eigenvalue weighted by Crippen LogP contribution is -2.23. The number of carbonyl (C=O) groups excluding carboxylic acids is 1. The summed E-state index contributed by atoms with van der Waals surface area (Å²) in [5.41, 5.74) is 4.48. The fraction of sp³-hybridized carbons (Fsp3) is 0.0435. The van der Waals surface area contributed by atoms with Gasteiger partial charge >= 0.3 is 0 Å². The predicted octanol–water partition coefficient (Wildman–Crippen LogP) is 6.71. The average molecular weight is 439 g/mol. The monoisotopic (exact) mass is 438 g/mol. The summed E-state index contributed by atoms with van der Waals surface area (Å²) in [5, 5.41) is 6.75. The third kappa shape index (κ3) is 4.67. The van der Waals surface area contributed by atoms with Gasteiger partial charge in [0.25, 0.3) is 5.91 Å². The van der Waals surface area contributed by atoms with E-state index in [-0.39, 0.29) is 5.91 Å². The van der Waals surface area contributed by atoms with E-state index >= 15 is 0 Å². The van der Waals surface area contributed by atoms with Crippen LogP contribution in [0.2, 0.25) is 10.0 Å². The molecule has 144 valence electrons. The lowest BCUT2D eigenvalue weighted by Gasteiger charge is -2.08. The number of nitrogens with one attached hydrogen (secondary N) is 1. The van der Waals surface area contributed by atoms with Gasteiger partial charge in [-0.1, -0.05) is 77.8 Å². The maximum atomic E-state index is 12.4. The van der Waals surface area contributed by atoms with Crippen molar-refractivity contribution in [1.29, 1.82) is 0 Å². The van der Waals surface area contributed by atoms with Crippen molar-refractivity contribution in [2.45, 2.75) is 6.54 Å². The van der Waals surface area contributed by atoms with Crippen molar-refractivity contribution < 1.29 is 4.79 Å². The number of amides is 1. The Labute approximate surface area is 183 Å². The van der Waals surface area contributed by atoms with E-state index in [0.29, 0.717) is 22.2 Å². The Morgan fingerprint density at radius 1 is 0.931 bits per heavy atom. The average Bonchev–Trinajstić information content (AvgIpc) is 3.25. The zero-order valence-electron chi connectivity index (χ0n) is 15.2. The van der Waals surface area contributed by atoms with Gasteiger partial charge in [0.05, 0.1) is 16.3 Å². The van der Waals surface area contributed by atoms with Gasteiger partial charge in [-0.25, -0.2) is 4.98 Å². The number of hydrogen-bond acceptors (Lipinski definition) is 3. The molecule has 0 radical (unpaired) electrons. The second kappa shape index (κ2) is 8.78. The van der Waals surface area contributed by atoms with Crippen molar-refractivity contribution in [3.05, 3.63) is 99.3 Å². The van der Waals surface area contributed by atoms with Gasteiger partial charge in [0.2, 0.25) is 0 Å². The van der Waals surface area contributed by atoms with Gasteiger partial charge in [-0.15, -0.1) is 11.3 Å². The highest BCUT2D eigenvalue weighted by Crippen LogP contribution is 2.29. The molecule has 1 amide bonds. The van der Waals surface area contributed by atoms with Crippen LogP contribution in [-0.4, -0.2) is 10.9 Å². The molecule has 0 aliphatic rings. The van der Waals surface area contributed by atoms with Gasteiger partial charge in [0.1, 0.15) is 5.01 Å². The Bertz CT molecular complexity index is 1140. The molecule has 1 heterocycles. The summed E-state index contributed by atoms with van der Waals surface area (Å²) in [4.78, 5) is 17.1. The number of rotatable bonds is 5. The molecule has 0 aliphatic heterocycles. The number of hydrogen-bond donors (Lipinski definition) is 1. The smallest absolute Gasteiger partial charge is 0.253 e. The second-order valence-corrected chi connectivity index (χ2v) is 8.11. The van der Waals surface area contributed by atoms with Crippen LogP contribution in [-0.2, 0) is 6.54 Å². The fourth-order valence-corrected chi connectivity index (χ4v) is 4.07. The minimum Gasteiger partial charge on any atom is -0.348 e. The first-order valence-electron chi connectivity index (χ1n) is 8.93. The Kier molecular flexibility index (Phi) is 5.95. The van der Waals surface area contributed by atoms with E-state index in [9.17, 15) is 4.79 Å². The molecule has 0 spiro atoms. The number of carbonyl (C=O) groups is 1. The molecule has 3 nitrogen and oxygen atoms in total. The largest absolute Gasteiger partial charge is 0.348 e. The number of thiazole rings is 1. The maximum Gasteiger partial charge on any atom is 0.253 e. The first-order valence-corrected chi connectivity index (χ1v) is 10.6. The predicted molar refractivity (Wildman–Crippen MR) is 121 cm³/mol. The molecule has 4 aromatic rings. The van der Waals surface area contributed by atoms with Gasteiger partial charge in [0, 0.05) is 28.1 Å². The highest BCUT2D eigenvalue weighted by molar-refractivity contribution is 7.13. The van der Waals surface area contributed by atoms with E-state index in [1.54, 1.807) is 29.5 Å². The third-order valence-corrected chi connectivity index (χ3v) is 5.86. The SMILES string of the molecule is O=C(NCc1ccc(-c2nc(-c3ccccc3)cs2)cc1)c1cc(Cl)ccc1Cl. The molecule has 0 aliphatic carbocycles. The normalized spacial score (nSPS) is 10.7. The van der Waals surface area contributed by atoms with Crippen molar-refractivity contribution in [3.63, 3.8) is 0 Å². The number of halogens is 2. The van der Waals surface area contributed by atoms with Gasteiger partial charge in [-0.05, 0) is 23.8 Å². The van der Waals surface area contributed by atoms with E-state index in [2.05, 4.69) is 22.8 Å². The van der Waals surface area contributed by atoms with E-state index in [4.69, 9.17) is 28.2 Å². The van der Waals surface area contributed by atoms with Gasteiger partial charge in [-0.2, -0.15) is 0 Å². The van der Waals surface area contributed by atoms with Crippen LogP contribution in [0.25, 0.3) is 21.8 Å². The van der Waals surface area contributed by atoms with Crippen LogP contribution in [0.15, 0.2) is 78.2 Å². The summed E-state index contributed by atoms with van der Waals surface area (Å²) in [6, 6.07) is 23.0. The molecule has 6 heteroatoms. The molecular formula is C23H16Cl2N2OS. The zero-order valence-corrected chi connectivity index (χ0v) is 17.6. The molecule has 3 aromatic carbocycles. The first-order chi connectivity index (χ1) is 14.1.